The molecule has 560 valence electrons. The van der Waals surface area contributed by atoms with E-state index in [0.717, 1.165) is 19.3 Å². The van der Waals surface area contributed by atoms with Crippen molar-refractivity contribution >= 4 is 71.6 Å². The second-order valence-corrected chi connectivity index (χ2v) is 35.1. The van der Waals surface area contributed by atoms with Gasteiger partial charge in [-0.05, 0) is 160 Å². The molecule has 4 saturated heterocycles. The molecule has 0 amide bonds. The summed E-state index contributed by atoms with van der Waals surface area (Å²) in [6.07, 6.45) is 2.63. The zero-order chi connectivity index (χ0) is 74.9. The number of esters is 12. The smallest absolute Gasteiger partial charge is 0.344 e. The van der Waals surface area contributed by atoms with E-state index in [4.69, 9.17) is 56.8 Å². The first-order valence-corrected chi connectivity index (χ1v) is 35.6. The van der Waals surface area contributed by atoms with Gasteiger partial charge in [-0.25, -0.2) is 19.2 Å². The van der Waals surface area contributed by atoms with E-state index < -0.39 is 171 Å². The van der Waals surface area contributed by atoms with Gasteiger partial charge in [-0.1, -0.05) is 55.4 Å². The Morgan fingerprint density at radius 3 is 1.34 bits per heavy atom. The predicted octanol–water partition coefficient (Wildman–Crippen LogP) is 7.54. The first-order chi connectivity index (χ1) is 46.1. The molecular formula is C74H108O26. The number of hydrogen-bond acceptors (Lipinski definition) is 26. The number of hydrogen-bond donors (Lipinski definition) is 2. The standard InChI is InChI=1S/C19H28O8.C19H28O6.2C18H26O6/c1-5-16(2,3)14(23)25-6-11(22)26-12-13-19(10-21)8-18(12,9-20)7-17(19,4)15(24)27-13;1-7-16(2,3)14(21)23-8-11(20)24-12-13-18(5)9-17(12,4)10-19(18,6)15(22)25-13;1-6-16(2,3)14(20)22-9-11(19)23-12-10-7-17(4)13(12)24-15(21)18(17,5)8-10;1-6-17(3,4)15(20)22-8-12(19)23-13-10-7-11-14(13)24-16(21)18(11,5)9(10)2/h12-13,20-21H,5-10H2,1-4H3;12-13H,7-10H2,1-6H3;10,12-13H,6-9H2,1-5H3;9-11,13-14H,6-8H2,1-5H3. The monoisotopic (exact) mass is 1410 g/mol. The molecule has 2 N–H and O–H groups in total. The van der Waals surface area contributed by atoms with Crippen molar-refractivity contribution in [2.24, 2.45) is 94.1 Å². The molecule has 26 heteroatoms. The first-order valence-electron chi connectivity index (χ1n) is 35.6. The fourth-order valence-electron chi connectivity index (χ4n) is 18.9. The Morgan fingerprint density at radius 1 is 0.460 bits per heavy atom. The lowest BCUT2D eigenvalue weighted by molar-refractivity contribution is -0.180. The van der Waals surface area contributed by atoms with Crippen molar-refractivity contribution < 1.29 is 125 Å². The fraction of sp³-hybridized carbons (Fsp3) is 0.838. The van der Waals surface area contributed by atoms with Crippen molar-refractivity contribution in [3.8, 4) is 0 Å². The summed E-state index contributed by atoms with van der Waals surface area (Å²) in [5.41, 5.74) is -7.52. The summed E-state index contributed by atoms with van der Waals surface area (Å²) >= 11 is 0. The maximum Gasteiger partial charge on any atom is 0.344 e. The van der Waals surface area contributed by atoms with Crippen LogP contribution in [0.15, 0.2) is 0 Å². The highest BCUT2D eigenvalue weighted by atomic mass is 16.6. The van der Waals surface area contributed by atoms with Crippen LogP contribution in [-0.4, -0.2) is 170 Å². The van der Waals surface area contributed by atoms with Crippen LogP contribution in [0.5, 0.6) is 0 Å². The molecule has 4 aliphatic heterocycles. The van der Waals surface area contributed by atoms with E-state index >= 15 is 0 Å². The molecule has 21 atom stereocenters. The Balaban J connectivity index is 0.000000156. The summed E-state index contributed by atoms with van der Waals surface area (Å²) in [6.45, 7) is 35.0. The zero-order valence-corrected chi connectivity index (χ0v) is 62.1. The lowest BCUT2D eigenvalue weighted by Gasteiger charge is -2.40. The van der Waals surface area contributed by atoms with Gasteiger partial charge in [0.2, 0.25) is 0 Å². The lowest BCUT2D eigenvalue weighted by atomic mass is 9.63. The molecule has 26 nitrogen and oxygen atoms in total. The maximum atomic E-state index is 12.4. The Morgan fingerprint density at radius 2 is 0.880 bits per heavy atom. The van der Waals surface area contributed by atoms with Gasteiger partial charge in [-0.2, -0.15) is 0 Å². The molecule has 0 aromatic heterocycles. The van der Waals surface area contributed by atoms with Crippen LogP contribution in [0.2, 0.25) is 0 Å². The van der Waals surface area contributed by atoms with E-state index in [1.165, 1.54) is 0 Å². The summed E-state index contributed by atoms with van der Waals surface area (Å²) in [7, 11) is 0. The van der Waals surface area contributed by atoms with Crippen LogP contribution in [-0.2, 0) is 114 Å². The van der Waals surface area contributed by atoms with E-state index in [9.17, 15) is 67.7 Å². The van der Waals surface area contributed by atoms with Crippen LogP contribution in [0.25, 0.3) is 0 Å². The van der Waals surface area contributed by atoms with E-state index in [0.29, 0.717) is 44.9 Å². The van der Waals surface area contributed by atoms with Gasteiger partial charge in [0.1, 0.15) is 48.8 Å². The number of aliphatic hydroxyl groups is 2. The minimum atomic E-state index is -0.907. The second-order valence-electron chi connectivity index (χ2n) is 35.1. The third-order valence-corrected chi connectivity index (χ3v) is 27.7. The summed E-state index contributed by atoms with van der Waals surface area (Å²) in [6, 6.07) is 0. The average molecular weight is 1410 g/mol. The fourth-order valence-corrected chi connectivity index (χ4v) is 18.9. The molecule has 8 saturated carbocycles. The minimum Gasteiger partial charge on any atom is -0.458 e. The average Bonchev–Trinajstić information content (AvgIpc) is 1.50. The number of rotatable bonds is 22. The maximum absolute atomic E-state index is 12.4. The molecule has 12 aliphatic rings. The number of ether oxygens (including phenoxy) is 12. The van der Waals surface area contributed by atoms with Gasteiger partial charge in [0.15, 0.2) is 26.4 Å². The van der Waals surface area contributed by atoms with E-state index in [1.807, 2.05) is 76.2 Å². The van der Waals surface area contributed by atoms with Crippen LogP contribution in [0, 0.1) is 94.1 Å². The molecule has 0 aromatic carbocycles. The summed E-state index contributed by atoms with van der Waals surface area (Å²) in [4.78, 5) is 146. The van der Waals surface area contributed by atoms with E-state index in [2.05, 4.69) is 0 Å². The second kappa shape index (κ2) is 26.1. The van der Waals surface area contributed by atoms with Gasteiger partial charge in [0, 0.05) is 39.4 Å². The third-order valence-electron chi connectivity index (χ3n) is 27.7. The lowest BCUT2D eigenvalue weighted by Crippen LogP contribution is -2.52. The summed E-state index contributed by atoms with van der Waals surface area (Å²) in [5.74, 6) is -4.78. The topological polar surface area (TPSA) is 356 Å². The van der Waals surface area contributed by atoms with Crippen LogP contribution >= 0.6 is 0 Å². The molecule has 0 spiro atoms. The summed E-state index contributed by atoms with van der Waals surface area (Å²) in [5, 5.41) is 20.1. The molecule has 8 bridgehead atoms. The predicted molar refractivity (Wildman–Crippen MR) is 347 cm³/mol. The first kappa shape index (κ1) is 77.7. The SMILES string of the molecule is CCC(C)(C)C(=O)OCC(=O)OC1C2CC3(C)C(=O)OC1C3(C)C2.CCC(C)(C)C(=O)OCC(=O)OC1C2CC3C1OC(=O)C3(C)C2C.CCC(C)(C)C(=O)OCC(=O)OC1C2OC(=O)C3(C)CC1(C)CC23C.CCC(C)(C)C(=O)OCC(=O)OC1C2OC(=O)C3(C)CC1(CO)CC23CO. The highest BCUT2D eigenvalue weighted by Gasteiger charge is 2.84. The molecule has 21 unspecified atom stereocenters. The van der Waals surface area contributed by atoms with Crippen molar-refractivity contribution in [3.63, 3.8) is 0 Å². The Hall–Kier alpha value is -6.44. The number of carbonyl (C=O) groups excluding carboxylic acids is 12. The highest BCUT2D eigenvalue weighted by Crippen LogP contribution is 2.76. The Labute approximate surface area is 585 Å². The Bertz CT molecular complexity index is 3300. The zero-order valence-electron chi connectivity index (χ0n) is 62.1. The van der Waals surface area contributed by atoms with Crippen molar-refractivity contribution in [1.29, 1.82) is 0 Å². The van der Waals surface area contributed by atoms with Gasteiger partial charge >= 0.3 is 71.6 Å². The normalized spacial score (nSPS) is 40.1. The Kier molecular flexibility index (Phi) is 20.3. The number of carbonyl (C=O) groups is 12. The van der Waals surface area contributed by atoms with Gasteiger partial charge in [0.05, 0.1) is 61.9 Å². The van der Waals surface area contributed by atoms with Gasteiger partial charge in [-0.3, -0.25) is 38.4 Å². The van der Waals surface area contributed by atoms with Crippen molar-refractivity contribution in [2.45, 2.75) is 258 Å². The van der Waals surface area contributed by atoms with Crippen LogP contribution in [0.3, 0.4) is 0 Å². The summed E-state index contributed by atoms with van der Waals surface area (Å²) < 4.78 is 64.7. The van der Waals surface area contributed by atoms with E-state index in [-0.39, 0.29) is 89.7 Å². The molecule has 12 fully saturated rings. The molecule has 8 aliphatic carbocycles. The van der Waals surface area contributed by atoms with Crippen molar-refractivity contribution in [3.05, 3.63) is 0 Å². The molecular weight excluding hydrogens is 1300 g/mol. The van der Waals surface area contributed by atoms with Crippen molar-refractivity contribution in [2.75, 3.05) is 39.6 Å². The molecule has 12 rings (SSSR count). The van der Waals surface area contributed by atoms with Crippen LogP contribution in [0.4, 0.5) is 0 Å². The molecule has 0 radical (unpaired) electrons. The number of fused-ring (bicyclic) bond motifs is 4. The molecule has 100 heavy (non-hydrogen) atoms. The minimum absolute atomic E-state index is 0.115. The largest absolute Gasteiger partial charge is 0.458 e. The third kappa shape index (κ3) is 12.0. The van der Waals surface area contributed by atoms with Gasteiger partial charge < -0.3 is 67.1 Å². The van der Waals surface area contributed by atoms with Gasteiger partial charge in [-0.15, -0.1) is 0 Å². The van der Waals surface area contributed by atoms with E-state index in [1.54, 1.807) is 62.3 Å². The molecule has 0 aromatic rings. The quantitative estimate of drug-likeness (QED) is 0.0780. The van der Waals surface area contributed by atoms with Crippen molar-refractivity contribution in [1.82, 2.24) is 0 Å². The van der Waals surface area contributed by atoms with Crippen LogP contribution < -0.4 is 0 Å². The van der Waals surface area contributed by atoms with Crippen LogP contribution in [0.1, 0.15) is 209 Å². The number of aliphatic hydroxyl groups excluding tert-OH is 2. The molecule has 4 heterocycles. The highest BCUT2D eigenvalue weighted by molar-refractivity contribution is 5.87. The van der Waals surface area contributed by atoms with Gasteiger partial charge in [0.25, 0.3) is 0 Å².